The lowest BCUT2D eigenvalue weighted by atomic mass is 10.1. The van der Waals surface area contributed by atoms with Crippen molar-refractivity contribution >= 4 is 17.5 Å². The molecule has 0 saturated carbocycles. The van der Waals surface area contributed by atoms with Crippen LogP contribution < -0.4 is 15.4 Å². The van der Waals surface area contributed by atoms with Crippen molar-refractivity contribution in [3.8, 4) is 5.75 Å². The molecule has 3 aromatic rings. The van der Waals surface area contributed by atoms with Crippen molar-refractivity contribution in [2.75, 3.05) is 24.3 Å². The Morgan fingerprint density at radius 3 is 2.42 bits per heavy atom. The summed E-state index contributed by atoms with van der Waals surface area (Å²) in [4.78, 5) is 8.34. The van der Waals surface area contributed by atoms with Crippen LogP contribution in [0, 0.1) is 11.6 Å². The zero-order chi connectivity index (χ0) is 18.4. The van der Waals surface area contributed by atoms with E-state index in [1.54, 1.807) is 13.2 Å². The second-order valence-corrected chi connectivity index (χ2v) is 5.51. The first-order chi connectivity index (χ1) is 12.7. The van der Waals surface area contributed by atoms with Gasteiger partial charge in [0.2, 0.25) is 5.95 Å². The van der Waals surface area contributed by atoms with Crippen LogP contribution in [0.4, 0.5) is 26.2 Å². The van der Waals surface area contributed by atoms with Gasteiger partial charge in [0.25, 0.3) is 0 Å². The van der Waals surface area contributed by atoms with E-state index in [1.165, 1.54) is 24.4 Å². The van der Waals surface area contributed by atoms with E-state index in [0.717, 1.165) is 17.7 Å². The minimum Gasteiger partial charge on any atom is -0.497 e. The van der Waals surface area contributed by atoms with Crippen LogP contribution in [0.15, 0.2) is 54.7 Å². The van der Waals surface area contributed by atoms with E-state index in [0.29, 0.717) is 18.3 Å². The van der Waals surface area contributed by atoms with Gasteiger partial charge in [-0.25, -0.2) is 13.8 Å². The number of benzene rings is 2. The van der Waals surface area contributed by atoms with Crippen molar-refractivity contribution in [3.63, 3.8) is 0 Å². The summed E-state index contributed by atoms with van der Waals surface area (Å²) in [5, 5.41) is 5.74. The number of aromatic nitrogens is 2. The number of hydrogen-bond acceptors (Lipinski definition) is 5. The highest BCUT2D eigenvalue weighted by Crippen LogP contribution is 2.22. The molecular weight excluding hydrogens is 338 g/mol. The van der Waals surface area contributed by atoms with E-state index in [-0.39, 0.29) is 5.69 Å². The lowest BCUT2D eigenvalue weighted by Gasteiger charge is -2.10. The average molecular weight is 356 g/mol. The molecule has 134 valence electrons. The summed E-state index contributed by atoms with van der Waals surface area (Å²) < 4.78 is 32.5. The molecule has 0 spiro atoms. The van der Waals surface area contributed by atoms with Gasteiger partial charge in [-0.3, -0.25) is 0 Å². The van der Waals surface area contributed by atoms with Gasteiger partial charge in [-0.15, -0.1) is 0 Å². The molecule has 0 saturated heterocycles. The average Bonchev–Trinajstić information content (AvgIpc) is 2.66. The zero-order valence-corrected chi connectivity index (χ0v) is 14.2. The van der Waals surface area contributed by atoms with Crippen LogP contribution in [0.2, 0.25) is 0 Å². The minimum atomic E-state index is -0.683. The second-order valence-electron chi connectivity index (χ2n) is 5.51. The third kappa shape index (κ3) is 4.44. The zero-order valence-electron chi connectivity index (χ0n) is 14.2. The van der Waals surface area contributed by atoms with Gasteiger partial charge in [0.05, 0.1) is 7.11 Å². The van der Waals surface area contributed by atoms with Crippen molar-refractivity contribution in [3.05, 3.63) is 71.9 Å². The number of para-hydroxylation sites is 1. The van der Waals surface area contributed by atoms with Crippen LogP contribution >= 0.6 is 0 Å². The molecule has 0 fully saturated rings. The van der Waals surface area contributed by atoms with E-state index >= 15 is 0 Å². The molecule has 5 nitrogen and oxygen atoms in total. The third-order valence-corrected chi connectivity index (χ3v) is 3.73. The Morgan fingerprint density at radius 2 is 1.73 bits per heavy atom. The van der Waals surface area contributed by atoms with Gasteiger partial charge < -0.3 is 15.4 Å². The topological polar surface area (TPSA) is 59.1 Å². The molecular formula is C19H18F2N4O. The summed E-state index contributed by atoms with van der Waals surface area (Å²) in [6.45, 7) is 0.615. The van der Waals surface area contributed by atoms with Crippen molar-refractivity contribution in [1.82, 2.24) is 9.97 Å². The summed E-state index contributed by atoms with van der Waals surface area (Å²) in [5.41, 5.74) is 0.899. The van der Waals surface area contributed by atoms with Gasteiger partial charge in [0, 0.05) is 12.7 Å². The molecule has 26 heavy (non-hydrogen) atoms. The fourth-order valence-corrected chi connectivity index (χ4v) is 2.37. The molecule has 0 unspecified atom stereocenters. The number of nitrogens with zero attached hydrogens (tertiary/aromatic N) is 2. The van der Waals surface area contributed by atoms with Crippen molar-refractivity contribution in [2.24, 2.45) is 0 Å². The Kier molecular flexibility index (Phi) is 5.58. The molecule has 0 aliphatic carbocycles. The highest BCUT2D eigenvalue weighted by atomic mass is 19.1. The Bertz CT molecular complexity index is 851. The van der Waals surface area contributed by atoms with Crippen LogP contribution in [0.3, 0.4) is 0 Å². The van der Waals surface area contributed by atoms with Gasteiger partial charge in [-0.2, -0.15) is 4.98 Å². The first kappa shape index (κ1) is 17.6. The molecule has 0 aliphatic rings. The Balaban J connectivity index is 1.60. The number of ether oxygens (including phenoxy) is 1. The largest absolute Gasteiger partial charge is 0.497 e. The molecule has 0 radical (unpaired) electrons. The molecule has 0 atom stereocenters. The predicted molar refractivity (Wildman–Crippen MR) is 96.9 cm³/mol. The molecule has 0 bridgehead atoms. The Labute approximate surface area is 150 Å². The monoisotopic (exact) mass is 356 g/mol. The van der Waals surface area contributed by atoms with E-state index < -0.39 is 11.6 Å². The maximum Gasteiger partial charge on any atom is 0.224 e. The minimum absolute atomic E-state index is 0.240. The van der Waals surface area contributed by atoms with Crippen molar-refractivity contribution in [2.45, 2.75) is 6.42 Å². The summed E-state index contributed by atoms with van der Waals surface area (Å²) in [7, 11) is 1.63. The van der Waals surface area contributed by atoms with Gasteiger partial charge in [-0.05, 0) is 42.3 Å². The lowest BCUT2D eigenvalue weighted by Crippen LogP contribution is -2.09. The molecule has 0 amide bonds. The van der Waals surface area contributed by atoms with Crippen molar-refractivity contribution < 1.29 is 13.5 Å². The standard InChI is InChI=1S/C19H18F2N4O/c1-26-14-7-5-13(6-8-14)9-11-22-19-23-12-10-17(25-19)24-18-15(20)3-2-4-16(18)21/h2-8,10,12H,9,11H2,1H3,(H2,22,23,24,25). The Morgan fingerprint density at radius 1 is 1.00 bits per heavy atom. The fraction of sp³-hybridized carbons (Fsp3) is 0.158. The SMILES string of the molecule is COc1ccc(CCNc2nccc(Nc3c(F)cccc3F)n2)cc1. The predicted octanol–water partition coefficient (Wildman–Crippen LogP) is 4.16. The van der Waals surface area contributed by atoms with Gasteiger partial charge in [0.1, 0.15) is 28.9 Å². The number of nitrogens with one attached hydrogen (secondary N) is 2. The van der Waals surface area contributed by atoms with E-state index in [2.05, 4.69) is 20.6 Å². The van der Waals surface area contributed by atoms with Crippen molar-refractivity contribution in [1.29, 1.82) is 0 Å². The maximum absolute atomic E-state index is 13.7. The normalized spacial score (nSPS) is 10.4. The highest BCUT2D eigenvalue weighted by molar-refractivity contribution is 5.58. The van der Waals surface area contributed by atoms with E-state index in [1.807, 2.05) is 24.3 Å². The van der Waals surface area contributed by atoms with E-state index in [9.17, 15) is 8.78 Å². The number of hydrogen-bond donors (Lipinski definition) is 2. The first-order valence-electron chi connectivity index (χ1n) is 8.06. The number of rotatable bonds is 7. The first-order valence-corrected chi connectivity index (χ1v) is 8.06. The summed E-state index contributed by atoms with van der Waals surface area (Å²) in [6, 6.07) is 13.0. The molecule has 3 rings (SSSR count). The summed E-state index contributed by atoms with van der Waals surface area (Å²) in [6.07, 6.45) is 2.29. The van der Waals surface area contributed by atoms with Crippen LogP contribution in [0.1, 0.15) is 5.56 Å². The molecule has 7 heteroatoms. The molecule has 0 aliphatic heterocycles. The van der Waals surface area contributed by atoms with E-state index in [4.69, 9.17) is 4.74 Å². The summed E-state index contributed by atoms with van der Waals surface area (Å²) >= 11 is 0. The Hall–Kier alpha value is -3.22. The quantitative estimate of drug-likeness (QED) is 0.666. The highest BCUT2D eigenvalue weighted by Gasteiger charge is 2.09. The van der Waals surface area contributed by atoms with Gasteiger partial charge in [-0.1, -0.05) is 18.2 Å². The fourth-order valence-electron chi connectivity index (χ4n) is 2.37. The van der Waals surface area contributed by atoms with Crippen LogP contribution in [0.5, 0.6) is 5.75 Å². The lowest BCUT2D eigenvalue weighted by molar-refractivity contribution is 0.414. The van der Waals surface area contributed by atoms with Gasteiger partial charge in [0.15, 0.2) is 0 Å². The number of anilines is 3. The summed E-state index contributed by atoms with van der Waals surface area (Å²) in [5.74, 6) is 0.121. The number of halogens is 2. The van der Waals surface area contributed by atoms with Crippen LogP contribution in [-0.2, 0) is 6.42 Å². The maximum atomic E-state index is 13.7. The smallest absolute Gasteiger partial charge is 0.224 e. The van der Waals surface area contributed by atoms with Gasteiger partial charge >= 0.3 is 0 Å². The molecule has 2 N–H and O–H groups in total. The second kappa shape index (κ2) is 8.24. The molecule has 1 aromatic heterocycles. The number of methoxy groups -OCH3 is 1. The molecule has 1 heterocycles. The van der Waals surface area contributed by atoms with Crippen LogP contribution in [0.25, 0.3) is 0 Å². The van der Waals surface area contributed by atoms with Crippen LogP contribution in [-0.4, -0.2) is 23.6 Å². The molecule has 2 aromatic carbocycles. The third-order valence-electron chi connectivity index (χ3n) is 3.73.